The maximum atomic E-state index is 4.27. The molecule has 78 valence electrons. The average molecular weight is 200 g/mol. The summed E-state index contributed by atoms with van der Waals surface area (Å²) in [6, 6.07) is 0. The Morgan fingerprint density at radius 2 is 2.00 bits per heavy atom. The summed E-state index contributed by atoms with van der Waals surface area (Å²) in [4.78, 5) is 8.23. The van der Waals surface area contributed by atoms with E-state index in [1.165, 1.54) is 5.57 Å². The van der Waals surface area contributed by atoms with Crippen LogP contribution >= 0.6 is 0 Å². The van der Waals surface area contributed by atoms with Gasteiger partial charge in [-0.2, -0.15) is 0 Å². The Kier molecular flexibility index (Phi) is 5.73. The van der Waals surface area contributed by atoms with Gasteiger partial charge in [0.2, 0.25) is 0 Å². The van der Waals surface area contributed by atoms with Crippen LogP contribution in [0.1, 0.15) is 20.3 Å². The Hall–Kier alpha value is -1.88. The van der Waals surface area contributed by atoms with E-state index in [-0.39, 0.29) is 0 Å². The van der Waals surface area contributed by atoms with Crippen molar-refractivity contribution < 1.29 is 0 Å². The summed E-state index contributed by atoms with van der Waals surface area (Å²) in [5.74, 6) is 0. The summed E-state index contributed by atoms with van der Waals surface area (Å²) >= 11 is 0. The molecule has 15 heavy (non-hydrogen) atoms. The molecule has 1 rings (SSSR count). The molecule has 1 aliphatic carbocycles. The predicted molar refractivity (Wildman–Crippen MR) is 68.1 cm³/mol. The molecule has 0 aromatic rings. The van der Waals surface area contributed by atoms with Gasteiger partial charge in [-0.3, -0.25) is 9.98 Å². The molecule has 0 unspecified atom stereocenters. The van der Waals surface area contributed by atoms with Crippen LogP contribution in [0.25, 0.3) is 0 Å². The Morgan fingerprint density at radius 1 is 1.40 bits per heavy atom. The zero-order valence-corrected chi connectivity index (χ0v) is 9.33. The van der Waals surface area contributed by atoms with Crippen LogP contribution in [0, 0.1) is 12.8 Å². The minimum absolute atomic E-state index is 0.866. The van der Waals surface area contributed by atoms with Crippen LogP contribution in [0.4, 0.5) is 0 Å². The number of hydrogen-bond acceptors (Lipinski definition) is 2. The maximum Gasteiger partial charge on any atom is 0.0914 e. The van der Waals surface area contributed by atoms with E-state index < -0.39 is 0 Å². The van der Waals surface area contributed by atoms with Crippen molar-refractivity contribution in [3.05, 3.63) is 35.7 Å². The van der Waals surface area contributed by atoms with Gasteiger partial charge in [-0.05, 0) is 38.1 Å². The van der Waals surface area contributed by atoms with E-state index in [4.69, 9.17) is 0 Å². The molecule has 0 amide bonds. The van der Waals surface area contributed by atoms with Crippen molar-refractivity contribution in [2.24, 2.45) is 9.98 Å². The van der Waals surface area contributed by atoms with Crippen molar-refractivity contribution in [1.82, 2.24) is 0 Å². The van der Waals surface area contributed by atoms with Crippen LogP contribution in [-0.2, 0) is 0 Å². The minimum Gasteiger partial charge on any atom is -0.262 e. The lowest BCUT2D eigenvalue weighted by Gasteiger charge is -1.97. The lowest BCUT2D eigenvalue weighted by molar-refractivity contribution is 1.19. The predicted octanol–water partition coefficient (Wildman–Crippen LogP) is 3.14. The first-order valence-electron chi connectivity index (χ1n) is 4.58. The first-order chi connectivity index (χ1) is 7.20. The first kappa shape index (κ1) is 13.1. The highest BCUT2D eigenvalue weighted by atomic mass is 14.8. The van der Waals surface area contributed by atoms with Crippen LogP contribution in [0.3, 0.4) is 0 Å². The van der Waals surface area contributed by atoms with Gasteiger partial charge in [0.05, 0.1) is 11.4 Å². The summed E-state index contributed by atoms with van der Waals surface area (Å²) < 4.78 is 0. The second kappa shape index (κ2) is 6.56. The second-order valence-electron chi connectivity index (χ2n) is 3.03. The molecule has 0 N–H and O–H groups in total. The third-order valence-corrected chi connectivity index (χ3v) is 1.95. The number of allylic oxidation sites excluding steroid dienone is 3. The Labute approximate surface area is 91.8 Å². The summed E-state index contributed by atoms with van der Waals surface area (Å²) in [5, 5.41) is 0. The highest BCUT2D eigenvalue weighted by Crippen LogP contribution is 2.27. The van der Waals surface area contributed by atoms with Crippen molar-refractivity contribution in [3.8, 4) is 12.8 Å². The molecule has 0 atom stereocenters. The van der Waals surface area contributed by atoms with Crippen LogP contribution in [0.2, 0.25) is 0 Å². The normalized spacial score (nSPS) is 18.1. The van der Waals surface area contributed by atoms with Crippen molar-refractivity contribution in [3.63, 3.8) is 0 Å². The topological polar surface area (TPSA) is 24.7 Å². The van der Waals surface area contributed by atoms with E-state index in [0.29, 0.717) is 0 Å². The SMILES string of the molecule is C#C.C=NC1=C(C)CC(=C)C1=N/C=C\C. The molecule has 0 fully saturated rings. The van der Waals surface area contributed by atoms with Gasteiger partial charge in [0.25, 0.3) is 0 Å². The first-order valence-corrected chi connectivity index (χ1v) is 4.58. The summed E-state index contributed by atoms with van der Waals surface area (Å²) in [7, 11) is 0. The Balaban J connectivity index is 0.000000921. The van der Waals surface area contributed by atoms with Crippen LogP contribution in [0.15, 0.2) is 45.7 Å². The maximum absolute atomic E-state index is 4.27. The molecule has 0 heterocycles. The van der Waals surface area contributed by atoms with Crippen molar-refractivity contribution >= 4 is 12.4 Å². The molecule has 2 heteroatoms. The monoisotopic (exact) mass is 200 g/mol. The highest BCUT2D eigenvalue weighted by molar-refractivity contribution is 6.15. The average Bonchev–Trinajstić information content (AvgIpc) is 2.52. The lowest BCUT2D eigenvalue weighted by Crippen LogP contribution is -1.96. The Bertz CT molecular complexity index is 365. The van der Waals surface area contributed by atoms with Crippen LogP contribution in [-0.4, -0.2) is 12.4 Å². The van der Waals surface area contributed by atoms with Gasteiger partial charge >= 0.3 is 0 Å². The molecule has 0 aliphatic heterocycles. The van der Waals surface area contributed by atoms with Gasteiger partial charge in [0.1, 0.15) is 0 Å². The summed E-state index contributed by atoms with van der Waals surface area (Å²) in [5.41, 5.74) is 4.00. The molecule has 0 aromatic heterocycles. The van der Waals surface area contributed by atoms with Crippen LogP contribution < -0.4 is 0 Å². The van der Waals surface area contributed by atoms with E-state index in [2.05, 4.69) is 36.1 Å². The molecule has 0 aromatic carbocycles. The number of rotatable bonds is 2. The van der Waals surface area contributed by atoms with Gasteiger partial charge in [0, 0.05) is 6.20 Å². The van der Waals surface area contributed by atoms with Crippen LogP contribution in [0.5, 0.6) is 0 Å². The van der Waals surface area contributed by atoms with E-state index in [9.17, 15) is 0 Å². The van der Waals surface area contributed by atoms with Gasteiger partial charge in [-0.15, -0.1) is 12.8 Å². The molecule has 1 aliphatic rings. The van der Waals surface area contributed by atoms with E-state index in [0.717, 1.165) is 23.4 Å². The molecular weight excluding hydrogens is 184 g/mol. The molecule has 0 bridgehead atoms. The van der Waals surface area contributed by atoms with Crippen molar-refractivity contribution in [2.45, 2.75) is 20.3 Å². The number of terminal acetylenes is 1. The zero-order valence-electron chi connectivity index (χ0n) is 9.33. The fourth-order valence-electron chi connectivity index (χ4n) is 1.37. The highest BCUT2D eigenvalue weighted by Gasteiger charge is 2.20. The summed E-state index contributed by atoms with van der Waals surface area (Å²) in [6.07, 6.45) is 12.5. The zero-order chi connectivity index (χ0) is 11.8. The second-order valence-corrected chi connectivity index (χ2v) is 3.03. The Morgan fingerprint density at radius 3 is 2.47 bits per heavy atom. The number of nitrogens with zero attached hydrogens (tertiary/aromatic N) is 2. The van der Waals surface area contributed by atoms with E-state index >= 15 is 0 Å². The molecule has 0 spiro atoms. The molecular formula is C13H16N2. The number of hydrogen-bond donors (Lipinski definition) is 0. The largest absolute Gasteiger partial charge is 0.262 e. The fourth-order valence-corrected chi connectivity index (χ4v) is 1.37. The minimum atomic E-state index is 0.866. The molecule has 0 radical (unpaired) electrons. The third-order valence-electron chi connectivity index (χ3n) is 1.95. The smallest absolute Gasteiger partial charge is 0.0914 e. The van der Waals surface area contributed by atoms with Gasteiger partial charge in [0.15, 0.2) is 0 Å². The van der Waals surface area contributed by atoms with E-state index in [1.807, 2.05) is 19.9 Å². The standard InChI is InChI=1S/C11H14N2.C2H2/c1-5-6-13-11-9(3)7-8(2)10(11)12-4;1-2/h5-6H,3-4,7H2,1-2H3;1-2H/b6-5-,13-11?;. The lowest BCUT2D eigenvalue weighted by atomic mass is 10.2. The van der Waals surface area contributed by atoms with Gasteiger partial charge in [-0.1, -0.05) is 12.7 Å². The van der Waals surface area contributed by atoms with Gasteiger partial charge in [-0.25, -0.2) is 0 Å². The third kappa shape index (κ3) is 3.07. The quantitative estimate of drug-likeness (QED) is 0.483. The van der Waals surface area contributed by atoms with E-state index in [1.54, 1.807) is 6.20 Å². The molecule has 2 nitrogen and oxygen atoms in total. The van der Waals surface area contributed by atoms with Crippen molar-refractivity contribution in [1.29, 1.82) is 0 Å². The molecule has 0 saturated carbocycles. The van der Waals surface area contributed by atoms with Crippen molar-refractivity contribution in [2.75, 3.05) is 0 Å². The summed E-state index contributed by atoms with van der Waals surface area (Å²) in [6.45, 7) is 11.4. The molecule has 0 saturated heterocycles. The van der Waals surface area contributed by atoms with Gasteiger partial charge < -0.3 is 0 Å². The number of aliphatic imine (C=N–C) groups is 2. The fraction of sp³-hybridized carbons (Fsp3) is 0.231.